The number of rotatable bonds is 4. The first-order valence-corrected chi connectivity index (χ1v) is 7.19. The molecule has 23 heavy (non-hydrogen) atoms. The van der Waals surface area contributed by atoms with Gasteiger partial charge in [0.25, 0.3) is 11.7 Å². The number of hydrogen-bond donors (Lipinski definition) is 2. The van der Waals surface area contributed by atoms with Crippen molar-refractivity contribution in [3.63, 3.8) is 0 Å². The van der Waals surface area contributed by atoms with E-state index in [1.165, 1.54) is 24.4 Å². The molecule has 1 aromatic heterocycles. The summed E-state index contributed by atoms with van der Waals surface area (Å²) in [5.41, 5.74) is 2.76. The maximum absolute atomic E-state index is 13.2. The highest BCUT2D eigenvalue weighted by Crippen LogP contribution is 2.19. The van der Waals surface area contributed by atoms with Crippen LogP contribution in [0.15, 0.2) is 48.7 Å². The van der Waals surface area contributed by atoms with Crippen molar-refractivity contribution in [1.82, 2.24) is 10.3 Å². The Morgan fingerprint density at radius 1 is 1.13 bits per heavy atom. The molecule has 2 aromatic carbocycles. The van der Waals surface area contributed by atoms with Crippen LogP contribution in [0.5, 0.6) is 0 Å². The Morgan fingerprint density at radius 3 is 2.61 bits per heavy atom. The summed E-state index contributed by atoms with van der Waals surface area (Å²) in [6, 6.07) is 11.7. The van der Waals surface area contributed by atoms with Crippen LogP contribution >= 0.6 is 0 Å². The van der Waals surface area contributed by atoms with Crippen molar-refractivity contribution in [2.45, 2.75) is 13.5 Å². The van der Waals surface area contributed by atoms with Crippen molar-refractivity contribution < 1.29 is 14.0 Å². The van der Waals surface area contributed by atoms with E-state index in [-0.39, 0.29) is 12.1 Å². The second-order valence-corrected chi connectivity index (χ2v) is 5.39. The second-order valence-electron chi connectivity index (χ2n) is 5.39. The molecule has 116 valence electrons. The minimum absolute atomic E-state index is 0.237. The van der Waals surface area contributed by atoms with Gasteiger partial charge in [-0.15, -0.1) is 0 Å². The number of nitrogens with one attached hydrogen (secondary N) is 2. The summed E-state index contributed by atoms with van der Waals surface area (Å²) < 4.78 is 13.2. The number of benzene rings is 2. The van der Waals surface area contributed by atoms with Gasteiger partial charge in [0, 0.05) is 23.6 Å². The van der Waals surface area contributed by atoms with E-state index in [9.17, 15) is 14.0 Å². The molecule has 0 bridgehead atoms. The standard InChI is InChI=1S/C18H15FN2O2/c1-11-2-4-12(5-3-11)9-21-18(23)17(22)15-10-20-16-8-13(19)6-7-14(15)16/h2-8,10,20H,9H2,1H3,(H,21,23). The van der Waals surface area contributed by atoms with Crippen LogP contribution in [0.1, 0.15) is 21.5 Å². The smallest absolute Gasteiger partial charge is 0.292 e. The number of hydrogen-bond acceptors (Lipinski definition) is 2. The number of carbonyl (C=O) groups excluding carboxylic acids is 2. The van der Waals surface area contributed by atoms with Crippen LogP contribution in [0.25, 0.3) is 10.9 Å². The van der Waals surface area contributed by atoms with Crippen LogP contribution in [0.3, 0.4) is 0 Å². The van der Waals surface area contributed by atoms with Crippen LogP contribution in [0.2, 0.25) is 0 Å². The van der Waals surface area contributed by atoms with Crippen LogP contribution in [0.4, 0.5) is 4.39 Å². The SMILES string of the molecule is Cc1ccc(CNC(=O)C(=O)c2c[nH]c3cc(F)ccc23)cc1. The Kier molecular flexibility index (Phi) is 3.93. The lowest BCUT2D eigenvalue weighted by Crippen LogP contribution is -2.30. The fraction of sp³-hybridized carbons (Fsp3) is 0.111. The highest BCUT2D eigenvalue weighted by molar-refractivity contribution is 6.44. The summed E-state index contributed by atoms with van der Waals surface area (Å²) in [6.45, 7) is 2.26. The second kappa shape index (κ2) is 6.04. The molecule has 1 amide bonds. The van der Waals surface area contributed by atoms with Crippen molar-refractivity contribution in [1.29, 1.82) is 0 Å². The molecule has 4 nitrogen and oxygen atoms in total. The first-order chi connectivity index (χ1) is 11.0. The molecule has 3 rings (SSSR count). The summed E-state index contributed by atoms with van der Waals surface area (Å²) in [4.78, 5) is 27.1. The number of aryl methyl sites for hydroxylation is 1. The zero-order chi connectivity index (χ0) is 16.4. The maximum atomic E-state index is 13.2. The lowest BCUT2D eigenvalue weighted by atomic mass is 10.1. The van der Waals surface area contributed by atoms with Gasteiger partial charge in [-0.1, -0.05) is 29.8 Å². The Labute approximate surface area is 132 Å². The Hall–Kier alpha value is -2.95. The van der Waals surface area contributed by atoms with E-state index in [0.29, 0.717) is 10.9 Å². The van der Waals surface area contributed by atoms with Crippen LogP contribution in [0, 0.1) is 12.7 Å². The van der Waals surface area contributed by atoms with E-state index >= 15 is 0 Å². The van der Waals surface area contributed by atoms with Gasteiger partial charge in [-0.2, -0.15) is 0 Å². The lowest BCUT2D eigenvalue weighted by molar-refractivity contribution is -0.117. The third-order valence-electron chi connectivity index (χ3n) is 3.67. The van der Waals surface area contributed by atoms with Crippen LogP contribution in [-0.2, 0) is 11.3 Å². The Balaban J connectivity index is 1.73. The van der Waals surface area contributed by atoms with Gasteiger partial charge >= 0.3 is 0 Å². The number of H-pyrrole nitrogens is 1. The zero-order valence-corrected chi connectivity index (χ0v) is 12.5. The first kappa shape index (κ1) is 15.0. The topological polar surface area (TPSA) is 62.0 Å². The predicted molar refractivity (Wildman–Crippen MR) is 85.6 cm³/mol. The van der Waals surface area contributed by atoms with Crippen LogP contribution in [-0.4, -0.2) is 16.7 Å². The van der Waals surface area contributed by atoms with Gasteiger partial charge in [0.1, 0.15) is 5.82 Å². The molecule has 3 aromatic rings. The molecule has 0 saturated carbocycles. The van der Waals surface area contributed by atoms with Crippen molar-refractivity contribution in [3.8, 4) is 0 Å². The van der Waals surface area contributed by atoms with Crippen molar-refractivity contribution >= 4 is 22.6 Å². The Morgan fingerprint density at radius 2 is 1.87 bits per heavy atom. The van der Waals surface area contributed by atoms with Gasteiger partial charge in [-0.05, 0) is 30.7 Å². The molecule has 0 atom stereocenters. The third kappa shape index (κ3) is 3.13. The predicted octanol–water partition coefficient (Wildman–Crippen LogP) is 3.11. The molecule has 0 saturated heterocycles. The maximum Gasteiger partial charge on any atom is 0.292 e. The molecule has 0 unspecified atom stereocenters. The number of halogens is 1. The average Bonchev–Trinajstić information content (AvgIpc) is 2.96. The van der Waals surface area contributed by atoms with Crippen molar-refractivity contribution in [3.05, 3.63) is 71.2 Å². The largest absolute Gasteiger partial charge is 0.360 e. The van der Waals surface area contributed by atoms with E-state index in [2.05, 4.69) is 10.3 Å². The summed E-state index contributed by atoms with van der Waals surface area (Å²) in [7, 11) is 0. The number of amides is 1. The van der Waals surface area contributed by atoms with E-state index in [1.54, 1.807) is 0 Å². The van der Waals surface area contributed by atoms with Gasteiger partial charge in [0.15, 0.2) is 0 Å². The molecule has 0 radical (unpaired) electrons. The van der Waals surface area contributed by atoms with Gasteiger partial charge in [0.2, 0.25) is 0 Å². The van der Waals surface area contributed by atoms with E-state index < -0.39 is 17.5 Å². The Bertz CT molecular complexity index is 882. The minimum Gasteiger partial charge on any atom is -0.360 e. The molecule has 5 heteroatoms. The normalized spacial score (nSPS) is 10.7. The third-order valence-corrected chi connectivity index (χ3v) is 3.67. The highest BCUT2D eigenvalue weighted by Gasteiger charge is 2.19. The van der Waals surface area contributed by atoms with E-state index in [0.717, 1.165) is 11.1 Å². The molecular formula is C18H15FN2O2. The average molecular weight is 310 g/mol. The van der Waals surface area contributed by atoms with Gasteiger partial charge in [-0.25, -0.2) is 4.39 Å². The number of aromatic nitrogens is 1. The number of aromatic amines is 1. The molecule has 2 N–H and O–H groups in total. The van der Waals surface area contributed by atoms with Gasteiger partial charge in [0.05, 0.1) is 5.56 Å². The minimum atomic E-state index is -0.684. The number of ketones is 1. The summed E-state index contributed by atoms with van der Waals surface area (Å²) >= 11 is 0. The summed E-state index contributed by atoms with van der Waals surface area (Å²) in [5, 5.41) is 3.14. The highest BCUT2D eigenvalue weighted by atomic mass is 19.1. The molecule has 1 heterocycles. The fourth-order valence-corrected chi connectivity index (χ4v) is 2.38. The lowest BCUT2D eigenvalue weighted by Gasteiger charge is -2.05. The number of carbonyl (C=O) groups is 2. The van der Waals surface area contributed by atoms with Crippen molar-refractivity contribution in [2.24, 2.45) is 0 Å². The molecule has 0 aliphatic carbocycles. The molecule has 0 aliphatic rings. The van der Waals surface area contributed by atoms with Gasteiger partial charge in [-0.3, -0.25) is 9.59 Å². The molecule has 0 fully saturated rings. The number of fused-ring (bicyclic) bond motifs is 1. The first-order valence-electron chi connectivity index (χ1n) is 7.19. The molecule has 0 aliphatic heterocycles. The quantitative estimate of drug-likeness (QED) is 0.574. The van der Waals surface area contributed by atoms with Gasteiger partial charge < -0.3 is 10.3 Å². The van der Waals surface area contributed by atoms with Crippen molar-refractivity contribution in [2.75, 3.05) is 0 Å². The van der Waals surface area contributed by atoms with E-state index in [1.807, 2.05) is 31.2 Å². The number of Topliss-reactive ketones (excluding diaryl/α,β-unsaturated/α-hetero) is 1. The van der Waals surface area contributed by atoms with E-state index in [4.69, 9.17) is 0 Å². The molecule has 0 spiro atoms. The summed E-state index contributed by atoms with van der Waals surface area (Å²) in [5.74, 6) is -1.73. The monoisotopic (exact) mass is 310 g/mol. The van der Waals surface area contributed by atoms with Crippen LogP contribution < -0.4 is 5.32 Å². The molecular weight excluding hydrogens is 295 g/mol. The zero-order valence-electron chi connectivity index (χ0n) is 12.5. The fourth-order valence-electron chi connectivity index (χ4n) is 2.38. The summed E-state index contributed by atoms with van der Waals surface area (Å²) in [6.07, 6.45) is 1.43.